The van der Waals surface area contributed by atoms with Gasteiger partial charge in [0, 0.05) is 12.5 Å². The van der Waals surface area contributed by atoms with Gasteiger partial charge < -0.3 is 10.8 Å². The lowest BCUT2D eigenvalue weighted by Crippen LogP contribution is -2.12. The molecule has 3 heteroatoms. The molecule has 1 aliphatic rings. The van der Waals surface area contributed by atoms with Gasteiger partial charge in [-0.1, -0.05) is 24.3 Å². The molecule has 1 aromatic rings. The summed E-state index contributed by atoms with van der Waals surface area (Å²) in [6.07, 6.45) is 3.26. The van der Waals surface area contributed by atoms with Crippen molar-refractivity contribution in [1.29, 1.82) is 0 Å². The van der Waals surface area contributed by atoms with E-state index in [0.717, 1.165) is 5.56 Å². The number of aliphatic carboxylic acids is 1. The molecule has 1 atom stereocenters. The van der Waals surface area contributed by atoms with Gasteiger partial charge >= 0.3 is 5.97 Å². The van der Waals surface area contributed by atoms with Crippen molar-refractivity contribution in [2.75, 3.05) is 0 Å². The molecular weight excluding hydrogens is 202 g/mol. The summed E-state index contributed by atoms with van der Waals surface area (Å²) in [7, 11) is 0. The first-order chi connectivity index (χ1) is 7.66. The summed E-state index contributed by atoms with van der Waals surface area (Å²) in [6, 6.07) is 8.19. The summed E-state index contributed by atoms with van der Waals surface area (Å²) >= 11 is 0. The van der Waals surface area contributed by atoms with Crippen LogP contribution in [0.3, 0.4) is 0 Å². The minimum atomic E-state index is -0.751. The van der Waals surface area contributed by atoms with E-state index >= 15 is 0 Å². The Kier molecular flexibility index (Phi) is 3.25. The summed E-state index contributed by atoms with van der Waals surface area (Å²) in [5.74, 6) is -0.0939. The fourth-order valence-corrected chi connectivity index (χ4v) is 1.89. The quantitative estimate of drug-likeness (QED) is 0.797. The lowest BCUT2D eigenvalue weighted by Gasteiger charge is -2.11. The molecule has 1 saturated carbocycles. The molecule has 0 amide bonds. The molecule has 1 unspecified atom stereocenters. The van der Waals surface area contributed by atoms with E-state index in [2.05, 4.69) is 0 Å². The zero-order valence-electron chi connectivity index (χ0n) is 9.23. The van der Waals surface area contributed by atoms with Gasteiger partial charge in [-0.2, -0.15) is 0 Å². The molecule has 0 heterocycles. The average molecular weight is 219 g/mol. The lowest BCUT2D eigenvalue weighted by molar-refractivity contribution is -0.136. The van der Waals surface area contributed by atoms with E-state index < -0.39 is 5.97 Å². The molecule has 16 heavy (non-hydrogen) atoms. The number of benzene rings is 1. The number of aryl methyl sites for hydroxylation is 1. The Morgan fingerprint density at radius 2 is 2.00 bits per heavy atom. The van der Waals surface area contributed by atoms with E-state index in [-0.39, 0.29) is 12.5 Å². The highest BCUT2D eigenvalue weighted by Gasteiger charge is 2.29. The number of hydrogen-bond acceptors (Lipinski definition) is 2. The minimum Gasteiger partial charge on any atom is -0.481 e. The van der Waals surface area contributed by atoms with E-state index in [9.17, 15) is 4.79 Å². The maximum atomic E-state index is 10.4. The Morgan fingerprint density at radius 1 is 1.38 bits per heavy atom. The first-order valence-electron chi connectivity index (χ1n) is 5.73. The smallest absolute Gasteiger partial charge is 0.303 e. The normalized spacial score (nSPS) is 17.1. The highest BCUT2D eigenvalue weighted by molar-refractivity contribution is 5.67. The Hall–Kier alpha value is -1.35. The van der Waals surface area contributed by atoms with Crippen molar-refractivity contribution in [2.45, 2.75) is 31.7 Å². The number of rotatable bonds is 5. The third kappa shape index (κ3) is 2.83. The van der Waals surface area contributed by atoms with Crippen LogP contribution < -0.4 is 5.73 Å². The molecule has 86 valence electrons. The van der Waals surface area contributed by atoms with E-state index in [4.69, 9.17) is 10.8 Å². The van der Waals surface area contributed by atoms with Gasteiger partial charge in [0.05, 0.1) is 0 Å². The first kappa shape index (κ1) is 11.1. The number of hydrogen-bond donors (Lipinski definition) is 2. The fourth-order valence-electron chi connectivity index (χ4n) is 1.89. The molecular formula is C13H17NO2. The number of carboxylic acids is 1. The highest BCUT2D eigenvalue weighted by Crippen LogP contribution is 2.39. The predicted octanol–water partition coefficient (Wildman–Crippen LogP) is 2.11. The van der Waals surface area contributed by atoms with Crippen molar-refractivity contribution >= 4 is 5.97 Å². The summed E-state index contributed by atoms with van der Waals surface area (Å²) in [6.45, 7) is 0. The van der Waals surface area contributed by atoms with Crippen LogP contribution in [0.15, 0.2) is 24.3 Å². The first-order valence-corrected chi connectivity index (χ1v) is 5.73. The molecule has 1 aromatic carbocycles. The third-order valence-electron chi connectivity index (χ3n) is 3.12. The number of carbonyl (C=O) groups is 1. The van der Waals surface area contributed by atoms with Crippen molar-refractivity contribution in [3.8, 4) is 0 Å². The van der Waals surface area contributed by atoms with Crippen LogP contribution in [0.25, 0.3) is 0 Å². The van der Waals surface area contributed by atoms with Gasteiger partial charge in [0.2, 0.25) is 0 Å². The van der Waals surface area contributed by atoms with Crippen LogP contribution >= 0.6 is 0 Å². The molecule has 3 nitrogen and oxygen atoms in total. The van der Waals surface area contributed by atoms with Crippen LogP contribution in [0.4, 0.5) is 0 Å². The van der Waals surface area contributed by atoms with Crippen LogP contribution in [0, 0.1) is 5.92 Å². The standard InChI is InChI=1S/C13H17NO2/c14-13(11-6-7-11)10-4-1-9(2-5-10)3-8-12(15)16/h1-2,4-5,11,13H,3,6-8,14H2,(H,15,16). The van der Waals surface area contributed by atoms with Gasteiger partial charge in [-0.25, -0.2) is 0 Å². The van der Waals surface area contributed by atoms with Crippen molar-refractivity contribution in [2.24, 2.45) is 11.7 Å². The van der Waals surface area contributed by atoms with Gasteiger partial charge in [0.25, 0.3) is 0 Å². The Bertz CT molecular complexity index is 368. The molecule has 2 rings (SSSR count). The van der Waals surface area contributed by atoms with Gasteiger partial charge in [-0.15, -0.1) is 0 Å². The van der Waals surface area contributed by atoms with E-state index in [0.29, 0.717) is 12.3 Å². The monoisotopic (exact) mass is 219 g/mol. The summed E-state index contributed by atoms with van der Waals surface area (Å²) < 4.78 is 0. The van der Waals surface area contributed by atoms with E-state index in [1.807, 2.05) is 24.3 Å². The molecule has 0 bridgehead atoms. The van der Waals surface area contributed by atoms with Crippen molar-refractivity contribution in [1.82, 2.24) is 0 Å². The Balaban J connectivity index is 1.95. The predicted molar refractivity (Wildman–Crippen MR) is 62.1 cm³/mol. The number of carboxylic acid groups (broad SMARTS) is 1. The molecule has 0 aromatic heterocycles. The molecule has 0 saturated heterocycles. The second-order valence-corrected chi connectivity index (χ2v) is 4.50. The summed E-state index contributed by atoms with van der Waals surface area (Å²) in [4.78, 5) is 10.4. The molecule has 0 radical (unpaired) electrons. The topological polar surface area (TPSA) is 63.3 Å². The zero-order valence-corrected chi connectivity index (χ0v) is 9.23. The van der Waals surface area contributed by atoms with Crippen LogP contribution in [0.2, 0.25) is 0 Å². The van der Waals surface area contributed by atoms with Crippen LogP contribution in [-0.4, -0.2) is 11.1 Å². The summed E-state index contributed by atoms with van der Waals surface area (Å²) in [5, 5.41) is 8.58. The van der Waals surface area contributed by atoms with Crippen molar-refractivity contribution < 1.29 is 9.90 Å². The van der Waals surface area contributed by atoms with Crippen LogP contribution in [0.1, 0.15) is 36.4 Å². The molecule has 1 fully saturated rings. The Labute approximate surface area is 95.3 Å². The van der Waals surface area contributed by atoms with Crippen molar-refractivity contribution in [3.05, 3.63) is 35.4 Å². The molecule has 0 aliphatic heterocycles. The van der Waals surface area contributed by atoms with Crippen LogP contribution in [-0.2, 0) is 11.2 Å². The second kappa shape index (κ2) is 4.66. The van der Waals surface area contributed by atoms with Gasteiger partial charge in [0.1, 0.15) is 0 Å². The number of nitrogens with two attached hydrogens (primary N) is 1. The molecule has 1 aliphatic carbocycles. The van der Waals surface area contributed by atoms with Crippen molar-refractivity contribution in [3.63, 3.8) is 0 Å². The molecule has 0 spiro atoms. The van der Waals surface area contributed by atoms with Gasteiger partial charge in [-0.3, -0.25) is 4.79 Å². The van der Waals surface area contributed by atoms with E-state index in [1.54, 1.807) is 0 Å². The maximum absolute atomic E-state index is 10.4. The van der Waals surface area contributed by atoms with Crippen LogP contribution in [0.5, 0.6) is 0 Å². The third-order valence-corrected chi connectivity index (χ3v) is 3.12. The minimum absolute atomic E-state index is 0.161. The molecule has 3 N–H and O–H groups in total. The lowest BCUT2D eigenvalue weighted by atomic mass is 10.0. The zero-order chi connectivity index (χ0) is 11.5. The summed E-state index contributed by atoms with van der Waals surface area (Å²) in [5.41, 5.74) is 8.31. The Morgan fingerprint density at radius 3 is 2.50 bits per heavy atom. The maximum Gasteiger partial charge on any atom is 0.303 e. The second-order valence-electron chi connectivity index (χ2n) is 4.50. The van der Waals surface area contributed by atoms with Gasteiger partial charge in [-0.05, 0) is 36.3 Å². The van der Waals surface area contributed by atoms with E-state index in [1.165, 1.54) is 18.4 Å². The largest absolute Gasteiger partial charge is 0.481 e. The average Bonchev–Trinajstić information content (AvgIpc) is 3.10. The SMILES string of the molecule is NC(c1ccc(CCC(=O)O)cc1)C1CC1. The van der Waals surface area contributed by atoms with Gasteiger partial charge in [0.15, 0.2) is 0 Å². The fraction of sp³-hybridized carbons (Fsp3) is 0.462. The highest BCUT2D eigenvalue weighted by atomic mass is 16.4.